The number of halogens is 2. The highest BCUT2D eigenvalue weighted by molar-refractivity contribution is 8.14. The van der Waals surface area contributed by atoms with E-state index in [1.807, 2.05) is 24.3 Å². The number of nitrogens with zero attached hydrogens (tertiary/aromatic N) is 3. The Bertz CT molecular complexity index is 1040. The van der Waals surface area contributed by atoms with Gasteiger partial charge >= 0.3 is 0 Å². The average Bonchev–Trinajstić information content (AvgIpc) is 3.01. The molecular weight excluding hydrogens is 447 g/mol. The Morgan fingerprint density at radius 2 is 1.87 bits per heavy atom. The lowest BCUT2D eigenvalue weighted by atomic mass is 10.1. The molecule has 156 valence electrons. The van der Waals surface area contributed by atoms with Crippen molar-refractivity contribution >= 4 is 63.3 Å². The second-order valence-corrected chi connectivity index (χ2v) is 8.39. The molecule has 1 heterocycles. The van der Waals surface area contributed by atoms with E-state index in [0.29, 0.717) is 10.7 Å². The molecule has 0 saturated carbocycles. The van der Waals surface area contributed by atoms with Crippen LogP contribution in [0.5, 0.6) is 5.75 Å². The van der Waals surface area contributed by atoms with Gasteiger partial charge in [-0.3, -0.25) is 9.59 Å². The van der Waals surface area contributed by atoms with E-state index in [0.717, 1.165) is 28.0 Å². The maximum Gasteiger partial charge on any atom is 0.247 e. The molecule has 1 saturated heterocycles. The Morgan fingerprint density at radius 1 is 1.17 bits per heavy atom. The Hall–Kier alpha value is -2.55. The molecule has 1 unspecified atom stereocenters. The van der Waals surface area contributed by atoms with Gasteiger partial charge in [0.15, 0.2) is 5.17 Å². The minimum atomic E-state index is -0.715. The number of amidine groups is 1. The van der Waals surface area contributed by atoms with Crippen LogP contribution < -0.4 is 15.4 Å². The molecule has 3 rings (SSSR count). The van der Waals surface area contributed by atoms with Crippen LogP contribution in [-0.2, 0) is 9.59 Å². The minimum absolute atomic E-state index is 0.0241. The van der Waals surface area contributed by atoms with Crippen molar-refractivity contribution in [3.63, 3.8) is 0 Å². The van der Waals surface area contributed by atoms with Crippen molar-refractivity contribution < 1.29 is 14.3 Å². The minimum Gasteiger partial charge on any atom is -0.497 e. The summed E-state index contributed by atoms with van der Waals surface area (Å²) in [5, 5.41) is 8.08. The van der Waals surface area contributed by atoms with Crippen molar-refractivity contribution in [3.8, 4) is 5.75 Å². The van der Waals surface area contributed by atoms with Crippen LogP contribution in [0.2, 0.25) is 10.0 Å². The molecule has 2 N–H and O–H groups in total. The molecule has 2 amide bonds. The van der Waals surface area contributed by atoms with Gasteiger partial charge in [-0.15, -0.1) is 5.10 Å². The Morgan fingerprint density at radius 3 is 2.53 bits per heavy atom. The lowest BCUT2D eigenvalue weighted by Crippen LogP contribution is -2.32. The van der Waals surface area contributed by atoms with Crippen LogP contribution in [0.25, 0.3) is 0 Å². The number of hydrogen-bond acceptors (Lipinski definition) is 6. The molecule has 1 fully saturated rings. The van der Waals surface area contributed by atoms with E-state index < -0.39 is 11.2 Å². The van der Waals surface area contributed by atoms with Gasteiger partial charge in [-0.2, -0.15) is 5.10 Å². The van der Waals surface area contributed by atoms with E-state index in [1.54, 1.807) is 20.1 Å². The van der Waals surface area contributed by atoms with Crippen molar-refractivity contribution in [3.05, 3.63) is 58.1 Å². The lowest BCUT2D eigenvalue weighted by molar-refractivity contribution is -0.121. The number of anilines is 1. The zero-order valence-electron chi connectivity index (χ0n) is 16.1. The molecule has 1 aliphatic heterocycles. The summed E-state index contributed by atoms with van der Waals surface area (Å²) in [7, 11) is 1.59. The first-order valence-corrected chi connectivity index (χ1v) is 10.4. The zero-order valence-corrected chi connectivity index (χ0v) is 18.5. The molecule has 10 heteroatoms. The van der Waals surface area contributed by atoms with Gasteiger partial charge in [0.05, 0.1) is 23.5 Å². The monoisotopic (exact) mass is 464 g/mol. The highest BCUT2D eigenvalue weighted by Crippen LogP contribution is 2.35. The zero-order chi connectivity index (χ0) is 21.8. The Labute approximate surface area is 187 Å². The summed E-state index contributed by atoms with van der Waals surface area (Å²) in [6, 6.07) is 11.9. The Kier molecular flexibility index (Phi) is 7.02. The normalized spacial score (nSPS) is 17.6. The number of hydrogen-bond donors (Lipinski definition) is 1. The summed E-state index contributed by atoms with van der Waals surface area (Å²) in [4.78, 5) is 26.2. The van der Waals surface area contributed by atoms with E-state index in [2.05, 4.69) is 10.2 Å². The van der Waals surface area contributed by atoms with Crippen molar-refractivity contribution in [2.45, 2.75) is 18.6 Å². The van der Waals surface area contributed by atoms with Gasteiger partial charge in [-0.25, -0.2) is 4.90 Å². The SMILES string of the molecule is COc1ccc(C(C)=NN=C(N)SC2CC(=O)N(c3cc(Cl)ccc3Cl)C2=O)cc1. The highest BCUT2D eigenvalue weighted by Gasteiger charge is 2.41. The highest BCUT2D eigenvalue weighted by atomic mass is 35.5. The molecule has 0 spiro atoms. The summed E-state index contributed by atoms with van der Waals surface area (Å²) >= 11 is 13.1. The molecule has 0 radical (unpaired) electrons. The largest absolute Gasteiger partial charge is 0.497 e. The number of carbonyl (C=O) groups excluding carboxylic acids is 2. The van der Waals surface area contributed by atoms with E-state index in [4.69, 9.17) is 33.7 Å². The number of carbonyl (C=O) groups is 2. The maximum atomic E-state index is 12.8. The van der Waals surface area contributed by atoms with E-state index >= 15 is 0 Å². The molecule has 1 aliphatic rings. The number of nitrogens with two attached hydrogens (primary N) is 1. The van der Waals surface area contributed by atoms with Crippen LogP contribution in [0.1, 0.15) is 18.9 Å². The number of methoxy groups -OCH3 is 1. The third kappa shape index (κ3) is 4.95. The lowest BCUT2D eigenvalue weighted by Gasteiger charge is -2.16. The molecule has 0 aliphatic carbocycles. The number of thioether (sulfide) groups is 1. The van der Waals surface area contributed by atoms with Crippen molar-refractivity contribution in [2.75, 3.05) is 12.0 Å². The molecule has 0 bridgehead atoms. The van der Waals surface area contributed by atoms with E-state index in [-0.39, 0.29) is 28.2 Å². The molecule has 2 aromatic rings. The van der Waals surface area contributed by atoms with Crippen LogP contribution in [0.15, 0.2) is 52.7 Å². The standard InChI is InChI=1S/C20H18Cl2N4O3S/c1-11(12-3-6-14(29-2)7-4-12)24-25-20(23)30-17-10-18(27)26(19(17)28)16-9-13(21)5-8-15(16)22/h3-9,17H,10H2,1-2H3,(H2,23,25). The summed E-state index contributed by atoms with van der Waals surface area (Å²) < 4.78 is 5.12. The summed E-state index contributed by atoms with van der Waals surface area (Å²) in [5.41, 5.74) is 7.68. The van der Waals surface area contributed by atoms with Crippen LogP contribution >= 0.6 is 35.0 Å². The van der Waals surface area contributed by atoms with Gasteiger partial charge in [-0.1, -0.05) is 35.0 Å². The second kappa shape index (κ2) is 9.51. The van der Waals surface area contributed by atoms with Crippen LogP contribution in [0.3, 0.4) is 0 Å². The summed E-state index contributed by atoms with van der Waals surface area (Å²) in [6.45, 7) is 1.79. The summed E-state index contributed by atoms with van der Waals surface area (Å²) in [6.07, 6.45) is -0.0241. The van der Waals surface area contributed by atoms with Gasteiger partial charge < -0.3 is 10.5 Å². The first kappa shape index (κ1) is 22.1. The van der Waals surface area contributed by atoms with Crippen LogP contribution in [-0.4, -0.2) is 35.1 Å². The first-order chi connectivity index (χ1) is 14.3. The van der Waals surface area contributed by atoms with Crippen molar-refractivity contribution in [2.24, 2.45) is 15.9 Å². The van der Waals surface area contributed by atoms with Gasteiger partial charge in [0.1, 0.15) is 11.0 Å². The summed E-state index contributed by atoms with van der Waals surface area (Å²) in [5.74, 6) is -0.0746. The molecular formula is C20H18Cl2N4O3S. The van der Waals surface area contributed by atoms with Crippen LogP contribution in [0, 0.1) is 0 Å². The van der Waals surface area contributed by atoms with Gasteiger partial charge in [0.25, 0.3) is 0 Å². The Balaban J connectivity index is 1.71. The fraction of sp³-hybridized carbons (Fsp3) is 0.200. The van der Waals surface area contributed by atoms with E-state index in [9.17, 15) is 9.59 Å². The first-order valence-electron chi connectivity index (χ1n) is 8.80. The molecule has 30 heavy (non-hydrogen) atoms. The predicted octanol–water partition coefficient (Wildman–Crippen LogP) is 4.11. The van der Waals surface area contributed by atoms with Gasteiger partial charge in [0.2, 0.25) is 11.8 Å². The molecule has 7 nitrogen and oxygen atoms in total. The number of ether oxygens (including phenoxy) is 1. The topological polar surface area (TPSA) is 97.3 Å². The number of imide groups is 1. The van der Waals surface area contributed by atoms with Gasteiger partial charge in [-0.05, 0) is 55.0 Å². The fourth-order valence-electron chi connectivity index (χ4n) is 2.79. The fourth-order valence-corrected chi connectivity index (χ4v) is 3.97. The van der Waals surface area contributed by atoms with Crippen LogP contribution in [0.4, 0.5) is 5.69 Å². The molecule has 1 atom stereocenters. The van der Waals surface area contributed by atoms with Crippen molar-refractivity contribution in [1.29, 1.82) is 0 Å². The number of benzene rings is 2. The van der Waals surface area contributed by atoms with E-state index in [1.165, 1.54) is 12.1 Å². The molecule has 2 aromatic carbocycles. The third-order valence-electron chi connectivity index (χ3n) is 4.32. The third-order valence-corrected chi connectivity index (χ3v) is 5.85. The quantitative estimate of drug-likeness (QED) is 0.310. The number of rotatable bonds is 5. The second-order valence-electron chi connectivity index (χ2n) is 6.33. The smallest absolute Gasteiger partial charge is 0.247 e. The van der Waals surface area contributed by atoms with Crippen molar-refractivity contribution in [1.82, 2.24) is 0 Å². The van der Waals surface area contributed by atoms with Gasteiger partial charge in [0, 0.05) is 11.4 Å². The maximum absolute atomic E-state index is 12.8. The molecule has 0 aromatic heterocycles. The predicted molar refractivity (Wildman–Crippen MR) is 122 cm³/mol. The number of amides is 2. The average molecular weight is 465 g/mol.